The third-order valence-electron chi connectivity index (χ3n) is 7.20. The minimum atomic E-state index is -0.928. The molecule has 0 amide bonds. The highest BCUT2D eigenvalue weighted by Crippen LogP contribution is 2.52. The van der Waals surface area contributed by atoms with Crippen LogP contribution in [-0.4, -0.2) is 24.7 Å². The van der Waals surface area contributed by atoms with Crippen molar-refractivity contribution in [1.82, 2.24) is 0 Å². The van der Waals surface area contributed by atoms with Crippen LogP contribution in [0.1, 0.15) is 65.2 Å². The Hall–Kier alpha value is -2.24. The molecule has 2 aromatic rings. The van der Waals surface area contributed by atoms with E-state index in [1.165, 1.54) is 0 Å². The number of hydrogen-bond donors (Lipinski definition) is 0. The maximum absolute atomic E-state index is 14.7. The molecule has 0 N–H and O–H groups in total. The molecule has 5 rings (SSSR count). The SMILES string of the molecule is Cc1cc(Cl)c(F)c(C2(C)CC(c3ccc(C(=O)CC4CC5(COC5)C4)c(C)c3)=NO2)c1. The van der Waals surface area contributed by atoms with Gasteiger partial charge in [0, 0.05) is 29.4 Å². The van der Waals surface area contributed by atoms with Crippen LogP contribution < -0.4 is 0 Å². The molecule has 2 heterocycles. The van der Waals surface area contributed by atoms with E-state index in [1.54, 1.807) is 12.1 Å². The highest BCUT2D eigenvalue weighted by molar-refractivity contribution is 6.30. The van der Waals surface area contributed by atoms with Gasteiger partial charge in [-0.3, -0.25) is 4.79 Å². The Balaban J connectivity index is 1.29. The Morgan fingerprint density at radius 1 is 1.22 bits per heavy atom. The number of Topliss-reactive ketones (excluding diaryl/α,β-unsaturated/α-hetero) is 1. The van der Waals surface area contributed by atoms with E-state index in [4.69, 9.17) is 21.2 Å². The van der Waals surface area contributed by atoms with Crippen molar-refractivity contribution in [2.45, 2.75) is 52.1 Å². The van der Waals surface area contributed by atoms with Crippen molar-refractivity contribution in [3.8, 4) is 0 Å². The molecule has 2 aliphatic heterocycles. The highest BCUT2D eigenvalue weighted by atomic mass is 35.5. The van der Waals surface area contributed by atoms with Crippen LogP contribution in [0, 0.1) is 31.0 Å². The van der Waals surface area contributed by atoms with E-state index in [-0.39, 0.29) is 10.8 Å². The summed E-state index contributed by atoms with van der Waals surface area (Å²) in [5, 5.41) is 4.35. The lowest BCUT2D eigenvalue weighted by Gasteiger charge is -2.53. The molecule has 1 saturated heterocycles. The molecular weight excluding hydrogens is 429 g/mol. The van der Waals surface area contributed by atoms with Crippen molar-refractivity contribution in [3.63, 3.8) is 0 Å². The molecule has 0 aromatic heterocycles. The van der Waals surface area contributed by atoms with Crippen molar-refractivity contribution in [2.75, 3.05) is 13.2 Å². The summed E-state index contributed by atoms with van der Waals surface area (Å²) in [6.45, 7) is 7.35. The van der Waals surface area contributed by atoms with Gasteiger partial charge in [0.05, 0.1) is 23.9 Å². The number of carbonyl (C=O) groups is 1. The molecule has 2 fully saturated rings. The zero-order chi connectivity index (χ0) is 22.7. The topological polar surface area (TPSA) is 47.9 Å². The smallest absolute Gasteiger partial charge is 0.168 e. The summed E-state index contributed by atoms with van der Waals surface area (Å²) in [5.41, 5.74) is 4.02. The van der Waals surface area contributed by atoms with E-state index in [9.17, 15) is 9.18 Å². The molecule has 32 heavy (non-hydrogen) atoms. The lowest BCUT2D eigenvalue weighted by atomic mass is 9.59. The van der Waals surface area contributed by atoms with Gasteiger partial charge in [0.1, 0.15) is 5.82 Å². The number of carbonyl (C=O) groups excluding carboxylic acids is 1. The summed E-state index contributed by atoms with van der Waals surface area (Å²) < 4.78 is 20.0. The molecule has 3 aliphatic rings. The molecule has 1 atom stereocenters. The zero-order valence-corrected chi connectivity index (χ0v) is 19.4. The molecule has 1 spiro atoms. The Labute approximate surface area is 192 Å². The molecular formula is C26H27ClFNO3. The third kappa shape index (κ3) is 3.65. The Morgan fingerprint density at radius 2 is 1.97 bits per heavy atom. The summed E-state index contributed by atoms with van der Waals surface area (Å²) in [7, 11) is 0. The largest absolute Gasteiger partial charge is 0.384 e. The molecule has 0 radical (unpaired) electrons. The van der Waals surface area contributed by atoms with Gasteiger partial charge in [-0.1, -0.05) is 28.9 Å². The van der Waals surface area contributed by atoms with E-state index < -0.39 is 11.4 Å². The van der Waals surface area contributed by atoms with Crippen LogP contribution in [-0.2, 0) is 15.2 Å². The standard InChI is InChI=1S/C26H27ClFNO3/c1-15-6-20(24(28)21(27)7-15)25(3)12-22(29-32-25)18-4-5-19(16(2)8-18)23(30)9-17-10-26(11-17)13-31-14-26/h4-8,17H,9-14H2,1-3H3. The van der Waals surface area contributed by atoms with Crippen LogP contribution in [0.2, 0.25) is 5.02 Å². The van der Waals surface area contributed by atoms with E-state index >= 15 is 0 Å². The number of benzene rings is 2. The number of ether oxygens (including phenoxy) is 1. The fourth-order valence-electron chi connectivity index (χ4n) is 5.41. The summed E-state index contributed by atoms with van der Waals surface area (Å²) >= 11 is 6.05. The molecule has 1 unspecified atom stereocenters. The Bertz CT molecular complexity index is 1130. The van der Waals surface area contributed by atoms with Gasteiger partial charge < -0.3 is 9.57 Å². The van der Waals surface area contributed by atoms with Gasteiger partial charge in [-0.05, 0) is 74.4 Å². The lowest BCUT2D eigenvalue weighted by Crippen LogP contribution is -2.52. The molecule has 168 valence electrons. The predicted octanol–water partition coefficient (Wildman–Crippen LogP) is 6.14. The van der Waals surface area contributed by atoms with Crippen LogP contribution >= 0.6 is 11.6 Å². The first-order chi connectivity index (χ1) is 15.2. The Kier molecular flexibility index (Phi) is 5.18. The number of ketones is 1. The molecule has 1 aliphatic carbocycles. The second kappa shape index (κ2) is 7.67. The quantitative estimate of drug-likeness (QED) is 0.509. The normalized spacial score (nSPS) is 24.0. The first kappa shape index (κ1) is 21.6. The first-order valence-electron chi connectivity index (χ1n) is 11.1. The average molecular weight is 456 g/mol. The number of rotatable bonds is 5. The van der Waals surface area contributed by atoms with Crippen molar-refractivity contribution >= 4 is 23.1 Å². The zero-order valence-electron chi connectivity index (χ0n) is 18.6. The molecule has 6 heteroatoms. The van der Waals surface area contributed by atoms with E-state index in [0.717, 1.165) is 54.0 Å². The maximum Gasteiger partial charge on any atom is 0.168 e. The number of nitrogens with zero attached hydrogens (tertiary/aromatic N) is 1. The third-order valence-corrected chi connectivity index (χ3v) is 7.47. The monoisotopic (exact) mass is 455 g/mol. The minimum absolute atomic E-state index is 0.0826. The van der Waals surface area contributed by atoms with Gasteiger partial charge in [-0.2, -0.15) is 0 Å². The summed E-state index contributed by atoms with van der Waals surface area (Å²) in [6, 6.07) is 9.13. The summed E-state index contributed by atoms with van der Waals surface area (Å²) in [6.07, 6.45) is 3.21. The van der Waals surface area contributed by atoms with Crippen molar-refractivity contribution in [3.05, 3.63) is 69.0 Å². The van der Waals surface area contributed by atoms with Crippen molar-refractivity contribution < 1.29 is 18.8 Å². The summed E-state index contributed by atoms with van der Waals surface area (Å²) in [4.78, 5) is 18.6. The van der Waals surface area contributed by atoms with Gasteiger partial charge in [0.2, 0.25) is 0 Å². The highest BCUT2D eigenvalue weighted by Gasteiger charge is 2.50. The maximum atomic E-state index is 14.7. The average Bonchev–Trinajstić information content (AvgIpc) is 3.08. The minimum Gasteiger partial charge on any atom is -0.384 e. The van der Waals surface area contributed by atoms with Gasteiger partial charge in [0.15, 0.2) is 11.4 Å². The van der Waals surface area contributed by atoms with Gasteiger partial charge in [0.25, 0.3) is 0 Å². The number of aryl methyl sites for hydroxylation is 2. The van der Waals surface area contributed by atoms with Crippen LogP contribution in [0.15, 0.2) is 35.5 Å². The first-order valence-corrected chi connectivity index (χ1v) is 11.5. The molecule has 1 saturated carbocycles. The van der Waals surface area contributed by atoms with Gasteiger partial charge in [-0.15, -0.1) is 0 Å². The number of oxime groups is 1. The van der Waals surface area contributed by atoms with Crippen LogP contribution in [0.5, 0.6) is 0 Å². The van der Waals surface area contributed by atoms with E-state index in [0.29, 0.717) is 29.7 Å². The summed E-state index contributed by atoms with van der Waals surface area (Å²) in [5.74, 6) is 0.189. The molecule has 2 aromatic carbocycles. The predicted molar refractivity (Wildman–Crippen MR) is 122 cm³/mol. The van der Waals surface area contributed by atoms with Crippen molar-refractivity contribution in [1.29, 1.82) is 0 Å². The lowest BCUT2D eigenvalue weighted by molar-refractivity contribution is -0.177. The van der Waals surface area contributed by atoms with E-state index in [2.05, 4.69) is 5.16 Å². The van der Waals surface area contributed by atoms with Crippen LogP contribution in [0.4, 0.5) is 4.39 Å². The van der Waals surface area contributed by atoms with Crippen LogP contribution in [0.3, 0.4) is 0 Å². The number of hydrogen-bond acceptors (Lipinski definition) is 4. The fraction of sp³-hybridized carbons (Fsp3) is 0.462. The van der Waals surface area contributed by atoms with Gasteiger partial charge in [-0.25, -0.2) is 4.39 Å². The van der Waals surface area contributed by atoms with E-state index in [1.807, 2.05) is 39.0 Å². The molecule has 0 bridgehead atoms. The second-order valence-electron chi connectivity index (χ2n) is 10.1. The molecule has 4 nitrogen and oxygen atoms in total. The van der Waals surface area contributed by atoms with Gasteiger partial charge >= 0.3 is 0 Å². The fourth-order valence-corrected chi connectivity index (χ4v) is 5.69. The van der Waals surface area contributed by atoms with Crippen molar-refractivity contribution in [2.24, 2.45) is 16.5 Å². The van der Waals surface area contributed by atoms with Crippen LogP contribution in [0.25, 0.3) is 0 Å². The second-order valence-corrected chi connectivity index (χ2v) is 10.5. The Morgan fingerprint density at radius 3 is 2.62 bits per heavy atom. The number of halogens is 2.